The largest absolute Gasteiger partial charge is 0.338 e. The van der Waals surface area contributed by atoms with Crippen LogP contribution in [0.4, 0.5) is 23.1 Å². The van der Waals surface area contributed by atoms with E-state index >= 15 is 0 Å². The molecule has 3 rings (SSSR count). The topological polar surface area (TPSA) is 62.7 Å². The van der Waals surface area contributed by atoms with Crippen molar-refractivity contribution in [3.05, 3.63) is 64.3 Å². The quantitative estimate of drug-likeness (QED) is 0.695. The summed E-state index contributed by atoms with van der Waals surface area (Å²) in [6, 6.07) is 14.0. The Balaban J connectivity index is 1.81. The van der Waals surface area contributed by atoms with Crippen LogP contribution >= 0.6 is 15.9 Å². The van der Waals surface area contributed by atoms with Crippen molar-refractivity contribution in [3.63, 3.8) is 0 Å². The number of hydrogen-bond acceptors (Lipinski definition) is 5. The zero-order valence-corrected chi connectivity index (χ0v) is 14.4. The van der Waals surface area contributed by atoms with Crippen LogP contribution in [0.3, 0.4) is 0 Å². The van der Waals surface area contributed by atoms with Crippen LogP contribution in [-0.2, 0) is 0 Å². The number of aryl methyl sites for hydroxylation is 2. The number of nitrogens with one attached hydrogen (secondary N) is 2. The lowest BCUT2D eigenvalue weighted by Crippen LogP contribution is -2.03. The van der Waals surface area contributed by atoms with E-state index in [9.17, 15) is 0 Å². The Morgan fingerprint density at radius 1 is 0.957 bits per heavy atom. The highest BCUT2D eigenvalue weighted by Crippen LogP contribution is 2.25. The van der Waals surface area contributed by atoms with Crippen LogP contribution in [0.15, 0.2) is 53.1 Å². The molecule has 0 saturated heterocycles. The molecule has 0 amide bonds. The van der Waals surface area contributed by atoms with E-state index in [0.29, 0.717) is 11.8 Å². The maximum atomic E-state index is 4.45. The summed E-state index contributed by atoms with van der Waals surface area (Å²) in [5.41, 5.74) is 4.25. The SMILES string of the molecule is Cc1ccc(Nc2nncc(Nc3ccccc3Br)n2)c(C)c1. The van der Waals surface area contributed by atoms with Gasteiger partial charge in [-0.1, -0.05) is 29.8 Å². The summed E-state index contributed by atoms with van der Waals surface area (Å²) in [7, 11) is 0. The fourth-order valence-electron chi connectivity index (χ4n) is 2.19. The van der Waals surface area contributed by atoms with E-state index in [1.54, 1.807) is 6.20 Å². The molecule has 0 bridgehead atoms. The predicted molar refractivity (Wildman–Crippen MR) is 96.5 cm³/mol. The van der Waals surface area contributed by atoms with Gasteiger partial charge < -0.3 is 10.6 Å². The molecule has 0 unspecified atom stereocenters. The highest BCUT2D eigenvalue weighted by atomic mass is 79.9. The summed E-state index contributed by atoms with van der Waals surface area (Å²) in [6.45, 7) is 4.11. The van der Waals surface area contributed by atoms with Crippen molar-refractivity contribution in [2.24, 2.45) is 0 Å². The number of para-hydroxylation sites is 1. The van der Waals surface area contributed by atoms with Crippen molar-refractivity contribution < 1.29 is 0 Å². The van der Waals surface area contributed by atoms with E-state index in [4.69, 9.17) is 0 Å². The van der Waals surface area contributed by atoms with Gasteiger partial charge in [0.1, 0.15) is 0 Å². The number of nitrogens with zero attached hydrogens (tertiary/aromatic N) is 3. The average Bonchev–Trinajstić information content (AvgIpc) is 2.53. The summed E-state index contributed by atoms with van der Waals surface area (Å²) >= 11 is 3.50. The molecule has 0 aliphatic rings. The minimum Gasteiger partial charge on any atom is -0.338 e. The standard InChI is InChI=1S/C17H16BrN5/c1-11-7-8-14(12(2)9-11)21-17-22-16(10-19-23-17)20-15-6-4-3-5-13(15)18/h3-10H,1-2H3,(H2,20,21,22,23). The Morgan fingerprint density at radius 3 is 2.57 bits per heavy atom. The van der Waals surface area contributed by atoms with Crippen LogP contribution in [-0.4, -0.2) is 15.2 Å². The first kappa shape index (κ1) is 15.4. The molecule has 23 heavy (non-hydrogen) atoms. The molecule has 0 atom stereocenters. The van der Waals surface area contributed by atoms with Gasteiger partial charge in [-0.25, -0.2) is 0 Å². The number of anilines is 4. The Hall–Kier alpha value is -2.47. The molecule has 3 aromatic rings. The van der Waals surface area contributed by atoms with Crippen molar-refractivity contribution in [2.45, 2.75) is 13.8 Å². The first-order valence-corrected chi connectivity index (χ1v) is 7.97. The van der Waals surface area contributed by atoms with E-state index in [1.165, 1.54) is 5.56 Å². The van der Waals surface area contributed by atoms with E-state index < -0.39 is 0 Å². The number of benzene rings is 2. The van der Waals surface area contributed by atoms with Crippen LogP contribution in [0.5, 0.6) is 0 Å². The lowest BCUT2D eigenvalue weighted by atomic mass is 10.1. The molecule has 0 aliphatic heterocycles. The molecule has 0 saturated carbocycles. The molecule has 0 aliphatic carbocycles. The Morgan fingerprint density at radius 2 is 1.78 bits per heavy atom. The normalized spacial score (nSPS) is 10.4. The highest BCUT2D eigenvalue weighted by molar-refractivity contribution is 9.10. The highest BCUT2D eigenvalue weighted by Gasteiger charge is 2.05. The molecule has 0 fully saturated rings. The summed E-state index contributed by atoms with van der Waals surface area (Å²) in [5.74, 6) is 1.08. The predicted octanol–water partition coefficient (Wildman–Crippen LogP) is 4.74. The molecule has 1 aromatic heterocycles. The van der Waals surface area contributed by atoms with Crippen LogP contribution < -0.4 is 10.6 Å². The second-order valence-electron chi connectivity index (χ2n) is 5.21. The summed E-state index contributed by atoms with van der Waals surface area (Å²) in [6.07, 6.45) is 1.59. The minimum absolute atomic E-state index is 0.453. The number of aromatic nitrogens is 3. The second-order valence-corrected chi connectivity index (χ2v) is 6.07. The number of rotatable bonds is 4. The van der Waals surface area contributed by atoms with Crippen molar-refractivity contribution >= 4 is 39.1 Å². The monoisotopic (exact) mass is 369 g/mol. The van der Waals surface area contributed by atoms with E-state index in [0.717, 1.165) is 21.4 Å². The van der Waals surface area contributed by atoms with Gasteiger partial charge in [0.25, 0.3) is 0 Å². The zero-order valence-electron chi connectivity index (χ0n) is 12.8. The first-order valence-electron chi connectivity index (χ1n) is 7.17. The molecule has 5 nitrogen and oxygen atoms in total. The number of halogens is 1. The van der Waals surface area contributed by atoms with Crippen LogP contribution in [0.25, 0.3) is 0 Å². The molecular formula is C17H16BrN5. The zero-order chi connectivity index (χ0) is 16.2. The maximum absolute atomic E-state index is 4.45. The third kappa shape index (κ3) is 3.84. The Labute approximate surface area is 143 Å². The van der Waals surface area contributed by atoms with Gasteiger partial charge in [-0.3, -0.25) is 0 Å². The molecular weight excluding hydrogens is 354 g/mol. The third-order valence-corrected chi connectivity index (χ3v) is 4.02. The van der Waals surface area contributed by atoms with Crippen molar-refractivity contribution in [2.75, 3.05) is 10.6 Å². The third-order valence-electron chi connectivity index (χ3n) is 3.32. The van der Waals surface area contributed by atoms with Crippen molar-refractivity contribution in [1.82, 2.24) is 15.2 Å². The lowest BCUT2D eigenvalue weighted by molar-refractivity contribution is 0.981. The van der Waals surface area contributed by atoms with Crippen LogP contribution in [0, 0.1) is 13.8 Å². The van der Waals surface area contributed by atoms with Gasteiger partial charge in [0, 0.05) is 10.2 Å². The molecule has 2 N–H and O–H groups in total. The van der Waals surface area contributed by atoms with Gasteiger partial charge in [-0.2, -0.15) is 10.1 Å². The van der Waals surface area contributed by atoms with E-state index in [2.05, 4.69) is 54.7 Å². The van der Waals surface area contributed by atoms with Gasteiger partial charge >= 0.3 is 0 Å². The van der Waals surface area contributed by atoms with Crippen LogP contribution in [0.1, 0.15) is 11.1 Å². The molecule has 116 valence electrons. The Bertz CT molecular complexity index is 835. The average molecular weight is 370 g/mol. The van der Waals surface area contributed by atoms with Gasteiger partial charge in [-0.15, -0.1) is 5.10 Å². The van der Waals surface area contributed by atoms with Gasteiger partial charge in [0.2, 0.25) is 5.95 Å². The Kier molecular flexibility index (Phi) is 4.52. The smallest absolute Gasteiger partial charge is 0.249 e. The molecule has 1 heterocycles. The first-order chi connectivity index (χ1) is 11.1. The summed E-state index contributed by atoms with van der Waals surface area (Å²) < 4.78 is 0.961. The lowest BCUT2D eigenvalue weighted by Gasteiger charge is -2.10. The fourth-order valence-corrected chi connectivity index (χ4v) is 2.58. The summed E-state index contributed by atoms with van der Waals surface area (Å²) in [5, 5.41) is 14.5. The van der Waals surface area contributed by atoms with Gasteiger partial charge in [0.15, 0.2) is 5.82 Å². The minimum atomic E-state index is 0.453. The van der Waals surface area contributed by atoms with Crippen molar-refractivity contribution in [3.8, 4) is 0 Å². The second kappa shape index (κ2) is 6.75. The van der Waals surface area contributed by atoms with Gasteiger partial charge in [0.05, 0.1) is 11.9 Å². The molecule has 0 radical (unpaired) electrons. The molecule has 2 aromatic carbocycles. The number of hydrogen-bond donors (Lipinski definition) is 2. The van der Waals surface area contributed by atoms with Crippen LogP contribution in [0.2, 0.25) is 0 Å². The molecule has 0 spiro atoms. The summed E-state index contributed by atoms with van der Waals surface area (Å²) in [4.78, 5) is 4.45. The van der Waals surface area contributed by atoms with E-state index in [1.807, 2.05) is 43.3 Å². The van der Waals surface area contributed by atoms with Gasteiger partial charge in [-0.05, 0) is 53.5 Å². The fraction of sp³-hybridized carbons (Fsp3) is 0.118. The van der Waals surface area contributed by atoms with Crippen molar-refractivity contribution in [1.29, 1.82) is 0 Å². The molecule has 6 heteroatoms. The maximum Gasteiger partial charge on any atom is 0.249 e. The van der Waals surface area contributed by atoms with E-state index in [-0.39, 0.29) is 0 Å².